The molecule has 0 aliphatic carbocycles. The monoisotopic (exact) mass is 387 g/mol. The van der Waals surface area contributed by atoms with Crippen LogP contribution in [0.25, 0.3) is 10.8 Å². The highest BCUT2D eigenvalue weighted by Gasteiger charge is 2.12. The Morgan fingerprint density at radius 3 is 2.83 bits per heavy atom. The second-order valence-corrected chi connectivity index (χ2v) is 6.48. The number of aromatic nitrogens is 2. The molecule has 5 nitrogen and oxygen atoms in total. The molecule has 0 aliphatic rings. The largest absolute Gasteiger partial charge is 0.483 e. The zero-order chi connectivity index (χ0) is 17.1. The number of hydrogen-bond donors (Lipinski definition) is 1. The van der Waals surface area contributed by atoms with Crippen LogP contribution >= 0.6 is 15.9 Å². The van der Waals surface area contributed by atoms with Gasteiger partial charge >= 0.3 is 0 Å². The van der Waals surface area contributed by atoms with Crippen molar-refractivity contribution >= 4 is 38.4 Å². The summed E-state index contributed by atoms with van der Waals surface area (Å²) >= 11 is 3.55. The van der Waals surface area contributed by atoms with E-state index in [1.165, 1.54) is 0 Å². The molecule has 0 spiro atoms. The van der Waals surface area contributed by atoms with Crippen molar-refractivity contribution in [3.05, 3.63) is 53.1 Å². The zero-order valence-corrected chi connectivity index (χ0v) is 15.1. The topological polar surface area (TPSA) is 56.2 Å². The summed E-state index contributed by atoms with van der Waals surface area (Å²) in [5.74, 6) is 1.08. The molecule has 24 heavy (non-hydrogen) atoms. The maximum Gasteiger partial charge on any atom is 0.263 e. The van der Waals surface area contributed by atoms with Gasteiger partial charge in [0.05, 0.1) is 10.7 Å². The van der Waals surface area contributed by atoms with Crippen LogP contribution in [-0.2, 0) is 4.79 Å². The molecule has 0 saturated carbocycles. The van der Waals surface area contributed by atoms with Gasteiger partial charge in [0.2, 0.25) is 0 Å². The smallest absolute Gasteiger partial charge is 0.263 e. The van der Waals surface area contributed by atoms with E-state index in [-0.39, 0.29) is 18.6 Å². The predicted octanol–water partition coefficient (Wildman–Crippen LogP) is 4.40. The van der Waals surface area contributed by atoms with Crippen molar-refractivity contribution in [3.8, 4) is 5.75 Å². The van der Waals surface area contributed by atoms with Crippen molar-refractivity contribution in [3.63, 3.8) is 0 Å². The number of fused-ring (bicyclic) bond motifs is 1. The second kappa shape index (κ2) is 7.05. The Hall–Kier alpha value is -2.34. The number of ether oxygens (including phenoxy) is 1. The molecule has 0 bridgehead atoms. The Bertz CT molecular complexity index is 874. The summed E-state index contributed by atoms with van der Waals surface area (Å²) in [5.41, 5.74) is 0. The van der Waals surface area contributed by atoms with Crippen LogP contribution in [0.2, 0.25) is 0 Å². The van der Waals surface area contributed by atoms with Crippen molar-refractivity contribution in [1.29, 1.82) is 0 Å². The van der Waals surface area contributed by atoms with E-state index < -0.39 is 0 Å². The van der Waals surface area contributed by atoms with Crippen LogP contribution in [0.4, 0.5) is 5.82 Å². The molecule has 3 aromatic rings. The van der Waals surface area contributed by atoms with Crippen LogP contribution < -0.4 is 10.1 Å². The van der Waals surface area contributed by atoms with Crippen LogP contribution in [0, 0.1) is 0 Å². The molecule has 0 aliphatic heterocycles. The SMILES string of the molecule is CC(C)n1nccc1NC(=O)COc1ccc2ccccc2c1Br. The van der Waals surface area contributed by atoms with Gasteiger partial charge in [-0.25, -0.2) is 4.68 Å². The molecule has 0 fully saturated rings. The summed E-state index contributed by atoms with van der Waals surface area (Å²) in [6.07, 6.45) is 1.66. The minimum absolute atomic E-state index is 0.0692. The van der Waals surface area contributed by atoms with Crippen molar-refractivity contribution in [2.24, 2.45) is 0 Å². The van der Waals surface area contributed by atoms with E-state index in [0.29, 0.717) is 11.6 Å². The van der Waals surface area contributed by atoms with Crippen molar-refractivity contribution in [2.75, 3.05) is 11.9 Å². The van der Waals surface area contributed by atoms with Gasteiger partial charge in [0, 0.05) is 12.1 Å². The number of anilines is 1. The van der Waals surface area contributed by atoms with Crippen LogP contribution in [0.15, 0.2) is 53.1 Å². The van der Waals surface area contributed by atoms with Gasteiger partial charge in [-0.15, -0.1) is 0 Å². The van der Waals surface area contributed by atoms with Crippen molar-refractivity contribution in [2.45, 2.75) is 19.9 Å². The fourth-order valence-corrected chi connectivity index (χ4v) is 3.08. The van der Waals surface area contributed by atoms with Gasteiger partial charge in [-0.2, -0.15) is 5.10 Å². The lowest BCUT2D eigenvalue weighted by Crippen LogP contribution is -2.22. The van der Waals surface area contributed by atoms with Crippen LogP contribution in [0.5, 0.6) is 5.75 Å². The molecule has 1 aromatic heterocycles. The van der Waals surface area contributed by atoms with Crippen LogP contribution in [0.1, 0.15) is 19.9 Å². The molecule has 2 aromatic carbocycles. The maximum absolute atomic E-state index is 12.1. The lowest BCUT2D eigenvalue weighted by molar-refractivity contribution is -0.118. The minimum atomic E-state index is -0.225. The quantitative estimate of drug-likeness (QED) is 0.705. The van der Waals surface area contributed by atoms with Gasteiger partial charge in [-0.1, -0.05) is 30.3 Å². The number of rotatable bonds is 5. The van der Waals surface area contributed by atoms with E-state index in [2.05, 4.69) is 26.3 Å². The molecule has 1 N–H and O–H groups in total. The van der Waals surface area contributed by atoms with Gasteiger partial charge in [-0.3, -0.25) is 4.79 Å². The predicted molar refractivity (Wildman–Crippen MR) is 98.4 cm³/mol. The van der Waals surface area contributed by atoms with Gasteiger partial charge < -0.3 is 10.1 Å². The van der Waals surface area contributed by atoms with Gasteiger partial charge in [0.25, 0.3) is 5.91 Å². The average molecular weight is 388 g/mol. The Morgan fingerprint density at radius 2 is 2.04 bits per heavy atom. The molecule has 6 heteroatoms. The number of halogens is 1. The highest BCUT2D eigenvalue weighted by Crippen LogP contribution is 2.33. The summed E-state index contributed by atoms with van der Waals surface area (Å²) in [6, 6.07) is 13.8. The first kappa shape index (κ1) is 16.5. The first-order valence-electron chi connectivity index (χ1n) is 7.69. The number of carbonyl (C=O) groups is 1. The molecule has 0 radical (unpaired) electrons. The molecule has 3 rings (SSSR count). The second-order valence-electron chi connectivity index (χ2n) is 5.69. The molecule has 0 unspecified atom stereocenters. The standard InChI is InChI=1S/C18H18BrN3O2/c1-12(2)22-16(9-10-20-22)21-17(23)11-24-15-8-7-13-5-3-4-6-14(13)18(15)19/h3-10,12H,11H2,1-2H3,(H,21,23). The summed E-state index contributed by atoms with van der Waals surface area (Å²) in [5, 5.41) is 9.17. The van der Waals surface area contributed by atoms with Gasteiger partial charge in [0.1, 0.15) is 11.6 Å². The van der Waals surface area contributed by atoms with E-state index in [0.717, 1.165) is 15.2 Å². The van der Waals surface area contributed by atoms with E-state index >= 15 is 0 Å². The number of nitrogens with zero attached hydrogens (tertiary/aromatic N) is 2. The van der Waals surface area contributed by atoms with Crippen molar-refractivity contribution in [1.82, 2.24) is 9.78 Å². The van der Waals surface area contributed by atoms with Crippen molar-refractivity contribution < 1.29 is 9.53 Å². The lowest BCUT2D eigenvalue weighted by atomic mass is 10.1. The fourth-order valence-electron chi connectivity index (χ4n) is 2.47. The van der Waals surface area contributed by atoms with E-state index in [1.54, 1.807) is 16.9 Å². The molecular formula is C18H18BrN3O2. The van der Waals surface area contributed by atoms with Gasteiger partial charge in [-0.05, 0) is 46.6 Å². The molecule has 1 heterocycles. The fraction of sp³-hybridized carbons (Fsp3) is 0.222. The normalized spacial score (nSPS) is 11.0. The zero-order valence-electron chi connectivity index (χ0n) is 13.5. The molecule has 0 atom stereocenters. The third-order valence-electron chi connectivity index (χ3n) is 3.61. The Morgan fingerprint density at radius 1 is 1.25 bits per heavy atom. The first-order valence-corrected chi connectivity index (χ1v) is 8.49. The summed E-state index contributed by atoms with van der Waals surface area (Å²) in [6.45, 7) is 3.94. The molecule has 0 saturated heterocycles. The maximum atomic E-state index is 12.1. The van der Waals surface area contributed by atoms with Crippen LogP contribution in [0.3, 0.4) is 0 Å². The summed E-state index contributed by atoms with van der Waals surface area (Å²) < 4.78 is 8.27. The summed E-state index contributed by atoms with van der Waals surface area (Å²) in [4.78, 5) is 12.1. The Kier molecular flexibility index (Phi) is 4.85. The lowest BCUT2D eigenvalue weighted by Gasteiger charge is -2.13. The first-order chi connectivity index (χ1) is 11.6. The minimum Gasteiger partial charge on any atom is -0.483 e. The molecule has 1 amide bonds. The number of nitrogens with one attached hydrogen (secondary N) is 1. The number of carbonyl (C=O) groups excluding carboxylic acids is 1. The number of benzene rings is 2. The third kappa shape index (κ3) is 3.43. The summed E-state index contributed by atoms with van der Waals surface area (Å²) in [7, 11) is 0. The van der Waals surface area contributed by atoms with E-state index in [4.69, 9.17) is 4.74 Å². The van der Waals surface area contributed by atoms with Gasteiger partial charge in [0.15, 0.2) is 6.61 Å². The Labute approximate surface area is 148 Å². The highest BCUT2D eigenvalue weighted by atomic mass is 79.9. The van der Waals surface area contributed by atoms with E-state index in [9.17, 15) is 4.79 Å². The molecule has 124 valence electrons. The highest BCUT2D eigenvalue weighted by molar-refractivity contribution is 9.10. The number of amides is 1. The Balaban J connectivity index is 1.68. The average Bonchev–Trinajstić information content (AvgIpc) is 3.03. The molecular weight excluding hydrogens is 370 g/mol. The van der Waals surface area contributed by atoms with Crippen LogP contribution in [-0.4, -0.2) is 22.3 Å². The number of hydrogen-bond acceptors (Lipinski definition) is 3. The van der Waals surface area contributed by atoms with E-state index in [1.807, 2.05) is 50.2 Å². The third-order valence-corrected chi connectivity index (χ3v) is 4.43.